The van der Waals surface area contributed by atoms with Gasteiger partial charge in [0.2, 0.25) is 0 Å². The van der Waals surface area contributed by atoms with E-state index in [1.807, 2.05) is 6.07 Å². The molecule has 0 saturated heterocycles. The van der Waals surface area contributed by atoms with Crippen LogP contribution in [0.2, 0.25) is 0 Å². The van der Waals surface area contributed by atoms with E-state index >= 15 is 0 Å². The highest BCUT2D eigenvalue weighted by atomic mass is 32.2. The van der Waals surface area contributed by atoms with Crippen molar-refractivity contribution >= 4 is 10.0 Å². The lowest BCUT2D eigenvalue weighted by atomic mass is 10.2. The molecule has 1 aromatic carbocycles. The molecule has 3 rings (SSSR count). The highest BCUT2D eigenvalue weighted by Crippen LogP contribution is 2.34. The van der Waals surface area contributed by atoms with Crippen molar-refractivity contribution in [2.45, 2.75) is 11.3 Å². The molecule has 0 spiro atoms. The fraction of sp³-hybridized carbons (Fsp3) is 0.200. The van der Waals surface area contributed by atoms with E-state index in [9.17, 15) is 8.42 Å². The first-order chi connectivity index (χ1) is 9.04. The molecule has 0 bridgehead atoms. The highest BCUT2D eigenvalue weighted by molar-refractivity contribution is 7.89. The summed E-state index contributed by atoms with van der Waals surface area (Å²) in [6.07, 6.45) is -0.558. The highest BCUT2D eigenvalue weighted by Gasteiger charge is 2.27. The van der Waals surface area contributed by atoms with Crippen LogP contribution in [0.15, 0.2) is 29.4 Å². The van der Waals surface area contributed by atoms with Crippen LogP contribution in [0.25, 0.3) is 0 Å². The second-order valence-electron chi connectivity index (χ2n) is 3.91. The molecule has 0 saturated carbocycles. The lowest BCUT2D eigenvalue weighted by Gasteiger charge is -2.24. The minimum Gasteiger partial charge on any atom is -0.485 e. The van der Waals surface area contributed by atoms with Gasteiger partial charge in [-0.25, -0.2) is 13.6 Å². The summed E-state index contributed by atoms with van der Waals surface area (Å²) in [6, 6.07) is 7.16. The van der Waals surface area contributed by atoms with Crippen LogP contribution in [0.3, 0.4) is 0 Å². The minimum atomic E-state index is -3.93. The number of para-hydroxylation sites is 2. The van der Waals surface area contributed by atoms with Crippen LogP contribution in [0, 0.1) is 0 Å². The maximum Gasteiger partial charge on any atom is 0.282 e. The summed E-state index contributed by atoms with van der Waals surface area (Å²) in [5.41, 5.74) is 0. The second kappa shape index (κ2) is 4.21. The summed E-state index contributed by atoms with van der Waals surface area (Å²) < 4.78 is 33.3. The quantitative estimate of drug-likeness (QED) is 0.797. The Morgan fingerprint density at radius 1 is 1.32 bits per heavy atom. The summed E-state index contributed by atoms with van der Waals surface area (Å²) in [5, 5.41) is 10.5. The van der Waals surface area contributed by atoms with E-state index in [4.69, 9.17) is 14.6 Å². The first kappa shape index (κ1) is 11.9. The Balaban J connectivity index is 1.87. The number of sulfonamides is 1. The minimum absolute atomic E-state index is 0.205. The van der Waals surface area contributed by atoms with Crippen LogP contribution in [0.5, 0.6) is 11.5 Å². The van der Waals surface area contributed by atoms with E-state index in [1.54, 1.807) is 18.2 Å². The van der Waals surface area contributed by atoms with Crippen LogP contribution >= 0.6 is 0 Å². The smallest absolute Gasteiger partial charge is 0.282 e. The molecule has 0 fully saturated rings. The number of ether oxygens (including phenoxy) is 2. The normalized spacial score (nSPS) is 18.3. The zero-order chi connectivity index (χ0) is 13.5. The molecule has 1 aliphatic heterocycles. The van der Waals surface area contributed by atoms with E-state index < -0.39 is 21.3 Å². The molecule has 0 amide bonds. The van der Waals surface area contributed by atoms with Gasteiger partial charge in [-0.05, 0) is 12.1 Å². The van der Waals surface area contributed by atoms with Crippen LogP contribution in [-0.4, -0.2) is 30.2 Å². The van der Waals surface area contributed by atoms with Gasteiger partial charge in [0.25, 0.3) is 15.2 Å². The maximum absolute atomic E-state index is 11.1. The van der Waals surface area contributed by atoms with Crippen LogP contribution < -0.4 is 14.6 Å². The Morgan fingerprint density at radius 2 is 2.05 bits per heavy atom. The lowest BCUT2D eigenvalue weighted by molar-refractivity contribution is 0.0852. The molecule has 1 unspecified atom stereocenters. The molecular formula is C10H10N4O4S. The van der Waals surface area contributed by atoms with Crippen molar-refractivity contribution < 1.29 is 17.9 Å². The van der Waals surface area contributed by atoms with E-state index in [-0.39, 0.29) is 12.4 Å². The van der Waals surface area contributed by atoms with E-state index in [0.717, 1.165) is 0 Å². The van der Waals surface area contributed by atoms with Gasteiger partial charge in [0.1, 0.15) is 6.61 Å². The number of benzene rings is 1. The van der Waals surface area contributed by atoms with Gasteiger partial charge in [0, 0.05) is 0 Å². The number of hydrogen-bond acceptors (Lipinski definition) is 6. The standard InChI is InChI=1S/C10H10N4O4S/c11-19(15,16)10-12-9(13-14-10)8-5-17-6-3-1-2-4-7(6)18-8/h1-4,8H,5H2,(H2,11,15,16)(H,12,13,14). The number of nitrogens with zero attached hydrogens (tertiary/aromatic N) is 2. The predicted molar refractivity (Wildman–Crippen MR) is 63.1 cm³/mol. The molecule has 8 nitrogen and oxygen atoms in total. The number of nitrogens with one attached hydrogen (secondary N) is 1. The van der Waals surface area contributed by atoms with Crippen LogP contribution in [0.1, 0.15) is 11.9 Å². The number of aromatic amines is 1. The predicted octanol–water partition coefficient (Wildman–Crippen LogP) is -0.0354. The van der Waals surface area contributed by atoms with Crippen molar-refractivity contribution in [3.05, 3.63) is 30.1 Å². The second-order valence-corrected chi connectivity index (χ2v) is 5.37. The van der Waals surface area contributed by atoms with E-state index in [1.165, 1.54) is 0 Å². The number of aromatic nitrogens is 3. The molecule has 0 radical (unpaired) electrons. The summed E-state index contributed by atoms with van der Waals surface area (Å²) in [4.78, 5) is 3.79. The Bertz CT molecular complexity index is 712. The van der Waals surface area contributed by atoms with Crippen molar-refractivity contribution in [1.82, 2.24) is 15.2 Å². The van der Waals surface area contributed by atoms with Crippen molar-refractivity contribution in [3.63, 3.8) is 0 Å². The zero-order valence-corrected chi connectivity index (χ0v) is 10.4. The Labute approximate surface area is 108 Å². The van der Waals surface area contributed by atoms with Crippen LogP contribution in [-0.2, 0) is 10.0 Å². The summed E-state index contributed by atoms with van der Waals surface area (Å²) in [5.74, 6) is 1.44. The first-order valence-electron chi connectivity index (χ1n) is 5.37. The largest absolute Gasteiger partial charge is 0.485 e. The van der Waals surface area contributed by atoms with Gasteiger partial charge in [0.05, 0.1) is 0 Å². The molecule has 9 heteroatoms. The van der Waals surface area contributed by atoms with Gasteiger partial charge in [-0.2, -0.15) is 4.98 Å². The lowest BCUT2D eigenvalue weighted by Crippen LogP contribution is -2.22. The number of H-pyrrole nitrogens is 1. The molecule has 1 aliphatic rings. The number of nitrogens with two attached hydrogens (primary N) is 1. The molecule has 0 aliphatic carbocycles. The Hall–Kier alpha value is -2.13. The average Bonchev–Trinajstić information content (AvgIpc) is 2.87. The van der Waals surface area contributed by atoms with Gasteiger partial charge < -0.3 is 9.47 Å². The SMILES string of the molecule is NS(=O)(=O)c1n[nH]c(C2COc3ccccc3O2)n1. The third-order valence-corrected chi connectivity index (χ3v) is 3.24. The molecule has 1 aromatic heterocycles. The molecule has 2 heterocycles. The topological polar surface area (TPSA) is 120 Å². The van der Waals surface area contributed by atoms with Gasteiger partial charge >= 0.3 is 0 Å². The number of fused-ring (bicyclic) bond motifs is 1. The fourth-order valence-electron chi connectivity index (χ4n) is 1.68. The van der Waals surface area contributed by atoms with Gasteiger partial charge in [0.15, 0.2) is 23.4 Å². The number of primary sulfonamides is 1. The average molecular weight is 282 g/mol. The third-order valence-electron chi connectivity index (χ3n) is 2.55. The van der Waals surface area contributed by atoms with Gasteiger partial charge in [-0.15, -0.1) is 5.10 Å². The summed E-state index contributed by atoms with van der Waals surface area (Å²) in [6.45, 7) is 0.205. The summed E-state index contributed by atoms with van der Waals surface area (Å²) in [7, 11) is -3.93. The number of hydrogen-bond donors (Lipinski definition) is 2. The van der Waals surface area contributed by atoms with Crippen molar-refractivity contribution in [3.8, 4) is 11.5 Å². The van der Waals surface area contributed by atoms with Crippen molar-refractivity contribution in [1.29, 1.82) is 0 Å². The molecule has 1 atom stereocenters. The number of rotatable bonds is 2. The first-order valence-corrected chi connectivity index (χ1v) is 6.92. The van der Waals surface area contributed by atoms with Crippen LogP contribution in [0.4, 0.5) is 0 Å². The van der Waals surface area contributed by atoms with E-state index in [0.29, 0.717) is 11.5 Å². The molecular weight excluding hydrogens is 272 g/mol. The van der Waals surface area contributed by atoms with Gasteiger partial charge in [-0.1, -0.05) is 12.1 Å². The van der Waals surface area contributed by atoms with E-state index in [2.05, 4.69) is 15.2 Å². The van der Waals surface area contributed by atoms with Crippen molar-refractivity contribution in [2.24, 2.45) is 5.14 Å². The molecule has 3 N–H and O–H groups in total. The summed E-state index contributed by atoms with van der Waals surface area (Å²) >= 11 is 0. The Morgan fingerprint density at radius 3 is 2.74 bits per heavy atom. The zero-order valence-electron chi connectivity index (χ0n) is 9.61. The van der Waals surface area contributed by atoms with Crippen molar-refractivity contribution in [2.75, 3.05) is 6.61 Å². The Kier molecular flexibility index (Phi) is 2.64. The fourth-order valence-corrected chi connectivity index (χ4v) is 2.08. The molecule has 2 aromatic rings. The monoisotopic (exact) mass is 282 g/mol. The van der Waals surface area contributed by atoms with Gasteiger partial charge in [-0.3, -0.25) is 5.10 Å². The third kappa shape index (κ3) is 2.25. The molecule has 100 valence electrons. The maximum atomic E-state index is 11.1. The molecule has 19 heavy (non-hydrogen) atoms.